The summed E-state index contributed by atoms with van der Waals surface area (Å²) in [5, 5.41) is 5.72. The molecule has 24 heavy (non-hydrogen) atoms. The summed E-state index contributed by atoms with van der Waals surface area (Å²) in [6, 6.07) is 6.79. The Morgan fingerprint density at radius 3 is 3.04 bits per heavy atom. The normalized spacial score (nSPS) is 17.0. The average molecular weight is 351 g/mol. The van der Waals surface area contributed by atoms with Crippen LogP contribution in [0.1, 0.15) is 35.3 Å². The van der Waals surface area contributed by atoms with Gasteiger partial charge >= 0.3 is 5.97 Å². The monoisotopic (exact) mass is 351 g/mol. The van der Waals surface area contributed by atoms with Crippen molar-refractivity contribution in [3.63, 3.8) is 0 Å². The number of nitrogens with zero attached hydrogens (tertiary/aromatic N) is 1. The van der Waals surface area contributed by atoms with Crippen LogP contribution >= 0.6 is 0 Å². The molecule has 1 aromatic carbocycles. The Hall–Kier alpha value is -2.39. The minimum absolute atomic E-state index is 0.121. The molecule has 1 aromatic heterocycles. The Kier molecular flexibility index (Phi) is 4.54. The Morgan fingerprint density at radius 2 is 2.25 bits per heavy atom. The Balaban J connectivity index is 1.89. The predicted molar refractivity (Wildman–Crippen MR) is 84.2 cm³/mol. The highest BCUT2D eigenvalue weighted by Crippen LogP contribution is 2.32. The lowest BCUT2D eigenvalue weighted by molar-refractivity contribution is 0.0521. The number of carbonyl (C=O) groups excluding carboxylic acids is 1. The SMILES string of the molecule is CCOC(=O)c1cn[nH]c1S(=O)(=O)N[C@@H]1CCOc2ccccc21. The quantitative estimate of drug-likeness (QED) is 0.788. The third-order valence-electron chi connectivity index (χ3n) is 3.62. The van der Waals surface area contributed by atoms with Crippen molar-refractivity contribution >= 4 is 16.0 Å². The van der Waals surface area contributed by atoms with Crippen molar-refractivity contribution in [3.8, 4) is 5.75 Å². The topological polar surface area (TPSA) is 110 Å². The van der Waals surface area contributed by atoms with Crippen LogP contribution in [0.3, 0.4) is 0 Å². The Bertz CT molecular complexity index is 846. The number of para-hydroxylation sites is 1. The largest absolute Gasteiger partial charge is 0.493 e. The smallest absolute Gasteiger partial charge is 0.342 e. The highest BCUT2D eigenvalue weighted by molar-refractivity contribution is 7.89. The number of carbonyl (C=O) groups is 1. The number of H-pyrrole nitrogens is 1. The van der Waals surface area contributed by atoms with Crippen molar-refractivity contribution in [2.45, 2.75) is 24.4 Å². The number of benzene rings is 1. The molecule has 8 nitrogen and oxygen atoms in total. The van der Waals surface area contributed by atoms with Crippen LogP contribution in [0.15, 0.2) is 35.5 Å². The fourth-order valence-electron chi connectivity index (χ4n) is 2.54. The van der Waals surface area contributed by atoms with E-state index >= 15 is 0 Å². The molecule has 0 aliphatic carbocycles. The van der Waals surface area contributed by atoms with Gasteiger partial charge in [0.25, 0.3) is 10.0 Å². The molecule has 0 amide bonds. The van der Waals surface area contributed by atoms with E-state index in [1.165, 1.54) is 0 Å². The molecule has 1 aliphatic heterocycles. The highest BCUT2D eigenvalue weighted by atomic mass is 32.2. The van der Waals surface area contributed by atoms with Crippen molar-refractivity contribution in [2.24, 2.45) is 0 Å². The molecule has 0 unspecified atom stereocenters. The molecule has 1 atom stereocenters. The first-order chi connectivity index (χ1) is 11.5. The minimum Gasteiger partial charge on any atom is -0.493 e. The number of hydrogen-bond donors (Lipinski definition) is 2. The third-order valence-corrected chi connectivity index (χ3v) is 5.07. The summed E-state index contributed by atoms with van der Waals surface area (Å²) in [5.41, 5.74) is 0.634. The summed E-state index contributed by atoms with van der Waals surface area (Å²) in [6.45, 7) is 2.19. The van der Waals surface area contributed by atoms with Crippen molar-refractivity contribution < 1.29 is 22.7 Å². The van der Waals surface area contributed by atoms with E-state index in [1.807, 2.05) is 12.1 Å². The molecule has 0 bridgehead atoms. The van der Waals surface area contributed by atoms with Gasteiger partial charge in [0, 0.05) is 12.0 Å². The van der Waals surface area contributed by atoms with Gasteiger partial charge in [-0.05, 0) is 13.0 Å². The maximum Gasteiger partial charge on any atom is 0.342 e. The summed E-state index contributed by atoms with van der Waals surface area (Å²) in [5.74, 6) is -0.0920. The number of nitrogens with one attached hydrogen (secondary N) is 2. The molecule has 0 saturated heterocycles. The second-order valence-corrected chi connectivity index (χ2v) is 6.83. The van der Waals surface area contributed by atoms with Crippen LogP contribution in [-0.2, 0) is 14.8 Å². The van der Waals surface area contributed by atoms with Gasteiger partial charge in [-0.2, -0.15) is 5.10 Å². The van der Waals surface area contributed by atoms with E-state index in [9.17, 15) is 13.2 Å². The molecule has 0 fully saturated rings. The molecule has 3 rings (SSSR count). The third kappa shape index (κ3) is 3.13. The van der Waals surface area contributed by atoms with Gasteiger partial charge in [0.1, 0.15) is 11.3 Å². The van der Waals surface area contributed by atoms with Crippen LogP contribution < -0.4 is 9.46 Å². The van der Waals surface area contributed by atoms with Gasteiger partial charge in [0.15, 0.2) is 5.03 Å². The van der Waals surface area contributed by atoms with Crippen LogP contribution in [0.4, 0.5) is 0 Å². The van der Waals surface area contributed by atoms with E-state index in [-0.39, 0.29) is 17.2 Å². The zero-order chi connectivity index (χ0) is 17.2. The molecule has 1 aliphatic rings. The zero-order valence-corrected chi connectivity index (χ0v) is 13.8. The van der Waals surface area contributed by atoms with Crippen LogP contribution in [0, 0.1) is 0 Å². The van der Waals surface area contributed by atoms with Crippen LogP contribution in [0.2, 0.25) is 0 Å². The molecule has 0 spiro atoms. The van der Waals surface area contributed by atoms with Crippen molar-refractivity contribution in [3.05, 3.63) is 41.6 Å². The second kappa shape index (κ2) is 6.62. The first-order valence-corrected chi connectivity index (χ1v) is 8.96. The standard InChI is InChI=1S/C15H17N3O5S/c1-2-22-15(19)11-9-16-17-14(11)24(20,21)18-12-7-8-23-13-6-4-3-5-10(12)13/h3-6,9,12,18H,2,7-8H2,1H3,(H,16,17)/t12-/m1/s1. The summed E-state index contributed by atoms with van der Waals surface area (Å²) < 4.78 is 38.3. The minimum atomic E-state index is -3.98. The van der Waals surface area contributed by atoms with E-state index in [0.29, 0.717) is 18.8 Å². The molecule has 9 heteroatoms. The number of aromatic nitrogens is 2. The van der Waals surface area contributed by atoms with Gasteiger partial charge in [0.2, 0.25) is 0 Å². The van der Waals surface area contributed by atoms with Gasteiger partial charge in [-0.25, -0.2) is 17.9 Å². The summed E-state index contributed by atoms with van der Waals surface area (Å²) in [6.07, 6.45) is 1.63. The Labute approximate surface area is 139 Å². The van der Waals surface area contributed by atoms with Gasteiger partial charge in [-0.1, -0.05) is 18.2 Å². The molecular formula is C15H17N3O5S. The van der Waals surface area contributed by atoms with E-state index in [4.69, 9.17) is 9.47 Å². The van der Waals surface area contributed by atoms with Gasteiger partial charge in [-0.3, -0.25) is 5.10 Å². The predicted octanol–water partition coefficient (Wildman–Crippen LogP) is 1.39. The van der Waals surface area contributed by atoms with Gasteiger partial charge in [-0.15, -0.1) is 0 Å². The van der Waals surface area contributed by atoms with Crippen molar-refractivity contribution in [1.29, 1.82) is 0 Å². The number of rotatable bonds is 5. The molecular weight excluding hydrogens is 334 g/mol. The first kappa shape index (κ1) is 16.5. The van der Waals surface area contributed by atoms with E-state index in [1.54, 1.807) is 19.1 Å². The maximum absolute atomic E-state index is 12.7. The van der Waals surface area contributed by atoms with Gasteiger partial charge < -0.3 is 9.47 Å². The molecule has 2 heterocycles. The van der Waals surface area contributed by atoms with E-state index < -0.39 is 22.0 Å². The summed E-state index contributed by atoms with van der Waals surface area (Å²) >= 11 is 0. The van der Waals surface area contributed by atoms with Crippen molar-refractivity contribution in [1.82, 2.24) is 14.9 Å². The summed E-state index contributed by atoms with van der Waals surface area (Å²) in [4.78, 5) is 11.9. The lowest BCUT2D eigenvalue weighted by Gasteiger charge is -2.26. The number of sulfonamides is 1. The van der Waals surface area contributed by atoms with Gasteiger partial charge in [0.05, 0.1) is 25.5 Å². The molecule has 0 saturated carbocycles. The summed E-state index contributed by atoms with van der Waals surface area (Å²) in [7, 11) is -3.98. The van der Waals surface area contributed by atoms with E-state index in [2.05, 4.69) is 14.9 Å². The number of ether oxygens (including phenoxy) is 2. The van der Waals surface area contributed by atoms with E-state index in [0.717, 1.165) is 11.8 Å². The second-order valence-electron chi connectivity index (χ2n) is 5.18. The molecule has 2 aromatic rings. The van der Waals surface area contributed by atoms with Crippen LogP contribution in [0.5, 0.6) is 5.75 Å². The zero-order valence-electron chi connectivity index (χ0n) is 13.0. The molecule has 0 radical (unpaired) electrons. The number of aromatic amines is 1. The highest BCUT2D eigenvalue weighted by Gasteiger charge is 2.31. The molecule has 128 valence electrons. The average Bonchev–Trinajstić information content (AvgIpc) is 3.06. The fraction of sp³-hybridized carbons (Fsp3) is 0.333. The maximum atomic E-state index is 12.7. The first-order valence-electron chi connectivity index (χ1n) is 7.47. The number of fused-ring (bicyclic) bond motifs is 1. The van der Waals surface area contributed by atoms with Crippen molar-refractivity contribution in [2.75, 3.05) is 13.2 Å². The number of hydrogen-bond acceptors (Lipinski definition) is 6. The lowest BCUT2D eigenvalue weighted by atomic mass is 10.0. The Morgan fingerprint density at radius 1 is 1.46 bits per heavy atom. The van der Waals surface area contributed by atoms with Crippen LogP contribution in [0.25, 0.3) is 0 Å². The number of esters is 1. The fourth-order valence-corrected chi connectivity index (χ4v) is 3.88. The van der Waals surface area contributed by atoms with Crippen LogP contribution in [-0.4, -0.2) is 37.8 Å². The molecule has 2 N–H and O–H groups in total. The lowest BCUT2D eigenvalue weighted by Crippen LogP contribution is -2.33.